The molecule has 0 spiro atoms. The zero-order valence-corrected chi connectivity index (χ0v) is 16.3. The van der Waals surface area contributed by atoms with E-state index in [-0.39, 0.29) is 5.91 Å². The number of aliphatic imine (C=N–C) groups is 1. The Labute approximate surface area is 157 Å². The number of guanidine groups is 1. The van der Waals surface area contributed by atoms with Crippen molar-refractivity contribution in [2.45, 2.75) is 33.1 Å². The number of piperidine rings is 1. The quantitative estimate of drug-likeness (QED) is 0.444. The van der Waals surface area contributed by atoms with Crippen molar-refractivity contribution in [3.8, 4) is 5.75 Å². The lowest BCUT2D eigenvalue weighted by atomic mass is 9.93. The summed E-state index contributed by atoms with van der Waals surface area (Å²) in [5.41, 5.74) is 1.14. The second-order valence-corrected chi connectivity index (χ2v) is 6.66. The lowest BCUT2D eigenvalue weighted by molar-refractivity contribution is -0.121. The summed E-state index contributed by atoms with van der Waals surface area (Å²) >= 11 is 0. The third-order valence-corrected chi connectivity index (χ3v) is 4.71. The predicted molar refractivity (Wildman–Crippen MR) is 106 cm³/mol. The van der Waals surface area contributed by atoms with Crippen molar-refractivity contribution in [3.05, 3.63) is 29.8 Å². The van der Waals surface area contributed by atoms with Crippen molar-refractivity contribution in [1.29, 1.82) is 0 Å². The van der Waals surface area contributed by atoms with Gasteiger partial charge in [0.15, 0.2) is 5.96 Å². The summed E-state index contributed by atoms with van der Waals surface area (Å²) in [6.07, 6.45) is 2.68. The van der Waals surface area contributed by atoms with Gasteiger partial charge in [0.2, 0.25) is 5.91 Å². The molecule has 1 aliphatic heterocycles. The minimum atomic E-state index is 0.136. The number of carbonyl (C=O) groups is 1. The topological polar surface area (TPSA) is 66.0 Å². The maximum atomic E-state index is 11.5. The summed E-state index contributed by atoms with van der Waals surface area (Å²) in [5, 5.41) is 6.09. The lowest BCUT2D eigenvalue weighted by Gasteiger charge is -2.34. The van der Waals surface area contributed by atoms with Crippen LogP contribution in [0.15, 0.2) is 29.3 Å². The number of para-hydroxylation sites is 1. The predicted octanol–water partition coefficient (Wildman–Crippen LogP) is 2.19. The Hall–Kier alpha value is -2.24. The molecule has 0 aromatic heterocycles. The molecule has 0 aliphatic carbocycles. The van der Waals surface area contributed by atoms with Gasteiger partial charge in [-0.1, -0.05) is 18.2 Å². The number of nitrogens with one attached hydrogen (secondary N) is 2. The fraction of sp³-hybridized carbons (Fsp3) is 0.600. The highest BCUT2D eigenvalue weighted by Gasteiger charge is 2.22. The highest BCUT2D eigenvalue weighted by Crippen LogP contribution is 2.20. The second kappa shape index (κ2) is 10.7. The van der Waals surface area contributed by atoms with Crippen molar-refractivity contribution < 1.29 is 9.53 Å². The fourth-order valence-electron chi connectivity index (χ4n) is 3.16. The van der Waals surface area contributed by atoms with Crippen LogP contribution in [0.5, 0.6) is 5.75 Å². The average molecular weight is 361 g/mol. The number of amides is 1. The number of hydrogen-bond acceptors (Lipinski definition) is 3. The highest BCUT2D eigenvalue weighted by molar-refractivity contribution is 5.80. The molecule has 2 rings (SSSR count). The van der Waals surface area contributed by atoms with E-state index in [9.17, 15) is 4.79 Å². The summed E-state index contributed by atoms with van der Waals surface area (Å²) < 4.78 is 5.83. The van der Waals surface area contributed by atoms with E-state index in [0.717, 1.165) is 49.7 Å². The molecule has 6 heteroatoms. The van der Waals surface area contributed by atoms with Crippen LogP contribution in [-0.2, 0) is 4.79 Å². The largest absolute Gasteiger partial charge is 0.491 e. The summed E-state index contributed by atoms with van der Waals surface area (Å²) in [6.45, 7) is 8.03. The lowest BCUT2D eigenvalue weighted by Crippen LogP contribution is -2.46. The maximum Gasteiger partial charge on any atom is 0.220 e. The van der Waals surface area contributed by atoms with Crippen LogP contribution in [-0.4, -0.2) is 56.6 Å². The Morgan fingerprint density at radius 2 is 2.04 bits per heavy atom. The van der Waals surface area contributed by atoms with E-state index in [0.29, 0.717) is 25.5 Å². The van der Waals surface area contributed by atoms with Crippen LogP contribution in [0, 0.1) is 12.8 Å². The van der Waals surface area contributed by atoms with Crippen LogP contribution in [0.3, 0.4) is 0 Å². The molecule has 1 aliphatic rings. The number of carbonyl (C=O) groups excluding carboxylic acids is 1. The average Bonchev–Trinajstić information content (AvgIpc) is 2.66. The smallest absolute Gasteiger partial charge is 0.220 e. The van der Waals surface area contributed by atoms with E-state index in [4.69, 9.17) is 9.73 Å². The van der Waals surface area contributed by atoms with Gasteiger partial charge < -0.3 is 20.3 Å². The Morgan fingerprint density at radius 3 is 2.69 bits per heavy atom. The Balaban J connectivity index is 1.81. The molecule has 6 nitrogen and oxygen atoms in total. The van der Waals surface area contributed by atoms with Crippen molar-refractivity contribution in [1.82, 2.24) is 15.5 Å². The van der Waals surface area contributed by atoms with Gasteiger partial charge in [-0.3, -0.25) is 4.79 Å². The molecule has 0 radical (unpaired) electrons. The molecule has 1 aromatic rings. The molecule has 0 atom stereocenters. The molecule has 0 bridgehead atoms. The van der Waals surface area contributed by atoms with E-state index in [1.54, 1.807) is 7.05 Å². The van der Waals surface area contributed by atoms with Crippen molar-refractivity contribution in [2.75, 3.05) is 39.8 Å². The summed E-state index contributed by atoms with van der Waals surface area (Å²) in [7, 11) is 1.70. The van der Waals surface area contributed by atoms with Gasteiger partial charge in [-0.05, 0) is 44.2 Å². The normalized spacial score (nSPS) is 15.7. The van der Waals surface area contributed by atoms with Gasteiger partial charge in [-0.2, -0.15) is 0 Å². The number of hydrogen-bond donors (Lipinski definition) is 2. The fourth-order valence-corrected chi connectivity index (χ4v) is 3.16. The van der Waals surface area contributed by atoms with Gasteiger partial charge in [0, 0.05) is 33.1 Å². The molecule has 144 valence electrons. The second-order valence-electron chi connectivity index (χ2n) is 6.66. The first-order valence-corrected chi connectivity index (χ1v) is 9.56. The molecule has 1 aromatic carbocycles. The number of nitrogens with zero attached hydrogens (tertiary/aromatic N) is 2. The molecular weight excluding hydrogens is 328 g/mol. The number of likely N-dealkylation sites (tertiary alicyclic amines) is 1. The minimum absolute atomic E-state index is 0.136. The first-order chi connectivity index (χ1) is 12.6. The summed E-state index contributed by atoms with van der Waals surface area (Å²) in [6, 6.07) is 8.03. The van der Waals surface area contributed by atoms with Crippen LogP contribution >= 0.6 is 0 Å². The number of aryl methyl sites for hydroxylation is 1. The molecule has 0 unspecified atom stereocenters. The van der Waals surface area contributed by atoms with E-state index < -0.39 is 0 Å². The number of benzene rings is 1. The van der Waals surface area contributed by atoms with Gasteiger partial charge in [0.25, 0.3) is 0 Å². The van der Waals surface area contributed by atoms with Crippen LogP contribution in [0.1, 0.15) is 31.7 Å². The molecule has 2 N–H and O–H groups in total. The molecule has 1 saturated heterocycles. The molecule has 26 heavy (non-hydrogen) atoms. The zero-order chi connectivity index (χ0) is 18.8. The van der Waals surface area contributed by atoms with Gasteiger partial charge in [0.1, 0.15) is 12.4 Å². The third-order valence-electron chi connectivity index (χ3n) is 4.71. The Morgan fingerprint density at radius 1 is 1.31 bits per heavy atom. The molecule has 1 fully saturated rings. The van der Waals surface area contributed by atoms with Crippen molar-refractivity contribution >= 4 is 11.9 Å². The summed E-state index contributed by atoms with van der Waals surface area (Å²) in [4.78, 5) is 18.5. The van der Waals surface area contributed by atoms with Crippen LogP contribution in [0.4, 0.5) is 0 Å². The molecule has 0 saturated carbocycles. The summed E-state index contributed by atoms with van der Waals surface area (Å²) in [5.74, 6) is 2.47. The minimum Gasteiger partial charge on any atom is -0.491 e. The third kappa shape index (κ3) is 6.24. The van der Waals surface area contributed by atoms with Crippen molar-refractivity contribution in [3.63, 3.8) is 0 Å². The number of ether oxygens (including phenoxy) is 1. The number of rotatable bonds is 7. The van der Waals surface area contributed by atoms with Gasteiger partial charge in [0.05, 0.1) is 6.54 Å². The standard InChI is InChI=1S/C20H32N4O2/c1-4-22-20(23-11-14-26-18-8-6-5-7-16(18)2)24-12-9-17(10-13-24)15-19(25)21-3/h5-8,17H,4,9-15H2,1-3H3,(H,21,25)(H,22,23). The van der Waals surface area contributed by atoms with Crippen molar-refractivity contribution in [2.24, 2.45) is 10.9 Å². The molecule has 1 heterocycles. The monoisotopic (exact) mass is 360 g/mol. The SMILES string of the molecule is CCNC(=NCCOc1ccccc1C)N1CCC(CC(=O)NC)CC1. The Bertz CT molecular complexity index is 595. The van der Waals surface area contributed by atoms with Crippen LogP contribution < -0.4 is 15.4 Å². The van der Waals surface area contributed by atoms with Gasteiger partial charge in [-0.15, -0.1) is 0 Å². The first kappa shape index (κ1) is 20.1. The van der Waals surface area contributed by atoms with E-state index in [1.807, 2.05) is 31.2 Å². The van der Waals surface area contributed by atoms with Gasteiger partial charge in [-0.25, -0.2) is 4.99 Å². The van der Waals surface area contributed by atoms with Crippen LogP contribution in [0.2, 0.25) is 0 Å². The molecule has 1 amide bonds. The highest BCUT2D eigenvalue weighted by atomic mass is 16.5. The zero-order valence-electron chi connectivity index (χ0n) is 16.3. The first-order valence-electron chi connectivity index (χ1n) is 9.56. The van der Waals surface area contributed by atoms with E-state index in [2.05, 4.69) is 22.5 Å². The van der Waals surface area contributed by atoms with E-state index in [1.165, 1.54) is 0 Å². The van der Waals surface area contributed by atoms with E-state index >= 15 is 0 Å². The Kier molecular flexibility index (Phi) is 8.25. The van der Waals surface area contributed by atoms with Gasteiger partial charge >= 0.3 is 0 Å². The molecular formula is C20H32N4O2. The maximum absolute atomic E-state index is 11.5. The van der Waals surface area contributed by atoms with Crippen LogP contribution in [0.25, 0.3) is 0 Å².